The van der Waals surface area contributed by atoms with E-state index < -0.39 is 36.1 Å². The average molecular weight is 480 g/mol. The molecule has 2 aromatic carbocycles. The molecule has 4 aromatic rings. The number of hydrogen-bond acceptors (Lipinski definition) is 2. The number of rotatable bonds is 7. The maximum atomic E-state index is 14.3. The summed E-state index contributed by atoms with van der Waals surface area (Å²) in [7, 11) is 0. The largest absolute Gasteiger partial charge is 0.408 e. The summed E-state index contributed by atoms with van der Waals surface area (Å²) in [4.78, 5) is 15.3. The molecule has 0 aliphatic rings. The number of fused-ring (bicyclic) bond motifs is 1. The predicted molar refractivity (Wildman–Crippen MR) is 112 cm³/mol. The fraction of sp³-hybridized carbons (Fsp3) is 0.217. The highest BCUT2D eigenvalue weighted by Gasteiger charge is 2.28. The van der Waals surface area contributed by atoms with Crippen LogP contribution in [0, 0.1) is 17.5 Å². The Labute approximate surface area is 189 Å². The van der Waals surface area contributed by atoms with Gasteiger partial charge in [-0.1, -0.05) is 0 Å². The highest BCUT2D eigenvalue weighted by Crippen LogP contribution is 2.33. The molecule has 1 amide bonds. The number of aromatic nitrogens is 3. The predicted octanol–water partition coefficient (Wildman–Crippen LogP) is 5.26. The molecule has 0 aliphatic carbocycles. The molecular weight excluding hydrogens is 462 g/mol. The van der Waals surface area contributed by atoms with Crippen LogP contribution in [-0.4, -0.2) is 26.8 Å². The number of aromatic amines is 1. The molecule has 0 spiro atoms. The summed E-state index contributed by atoms with van der Waals surface area (Å²) in [5.41, 5.74) is 1.90. The minimum atomic E-state index is -4.41. The number of halogens is 6. The molecule has 11 heteroatoms. The third-order valence-corrected chi connectivity index (χ3v) is 5.18. The van der Waals surface area contributed by atoms with Crippen molar-refractivity contribution in [3.63, 3.8) is 0 Å². The molecular formula is C23H18F6N4O. The van der Waals surface area contributed by atoms with Crippen LogP contribution in [0.15, 0.2) is 48.8 Å². The summed E-state index contributed by atoms with van der Waals surface area (Å²) in [5.74, 6) is -2.46. The molecule has 178 valence electrons. The fourth-order valence-corrected chi connectivity index (χ4v) is 3.69. The van der Waals surface area contributed by atoms with Gasteiger partial charge in [0.1, 0.15) is 24.0 Å². The van der Waals surface area contributed by atoms with E-state index in [1.165, 1.54) is 36.7 Å². The first kappa shape index (κ1) is 23.4. The average Bonchev–Trinajstić information content (AvgIpc) is 3.34. The molecule has 4 rings (SSSR count). The van der Waals surface area contributed by atoms with Crippen molar-refractivity contribution < 1.29 is 31.1 Å². The Hall–Kier alpha value is -3.76. The lowest BCUT2D eigenvalue weighted by molar-refractivity contribution is -0.142. The van der Waals surface area contributed by atoms with Crippen molar-refractivity contribution in [3.05, 3.63) is 77.4 Å². The number of carbonyl (C=O) groups excluding carboxylic acids is 1. The summed E-state index contributed by atoms with van der Waals surface area (Å²) in [5, 5.41) is 6.47. The van der Waals surface area contributed by atoms with Crippen molar-refractivity contribution in [1.29, 1.82) is 0 Å². The SMILES string of the molecule is O=C(CCc1c(-c2ccc(F)cc2)[nH]c2c(F)cc(F)cc12)NCc1cnn(CC(F)(F)F)c1. The minimum absolute atomic E-state index is 0.0291. The number of aryl methyl sites for hydroxylation is 1. The van der Waals surface area contributed by atoms with Crippen molar-refractivity contribution in [1.82, 2.24) is 20.1 Å². The molecule has 0 aliphatic heterocycles. The van der Waals surface area contributed by atoms with Gasteiger partial charge in [0.15, 0.2) is 0 Å². The van der Waals surface area contributed by atoms with E-state index in [0.29, 0.717) is 22.4 Å². The quantitative estimate of drug-likeness (QED) is 0.355. The lowest BCUT2D eigenvalue weighted by atomic mass is 10.0. The van der Waals surface area contributed by atoms with E-state index in [2.05, 4.69) is 15.4 Å². The Morgan fingerprint density at radius 1 is 1.06 bits per heavy atom. The zero-order chi connectivity index (χ0) is 24.5. The van der Waals surface area contributed by atoms with Gasteiger partial charge in [-0.3, -0.25) is 9.48 Å². The maximum absolute atomic E-state index is 14.3. The summed E-state index contributed by atoms with van der Waals surface area (Å²) in [6.07, 6.45) is -1.95. The first-order chi connectivity index (χ1) is 16.1. The summed E-state index contributed by atoms with van der Waals surface area (Å²) in [6.45, 7) is -1.26. The number of carbonyl (C=O) groups is 1. The first-order valence-corrected chi connectivity index (χ1v) is 10.2. The molecule has 0 saturated carbocycles. The van der Waals surface area contributed by atoms with Crippen LogP contribution < -0.4 is 5.32 Å². The Balaban J connectivity index is 1.49. The van der Waals surface area contributed by atoms with E-state index in [4.69, 9.17) is 0 Å². The van der Waals surface area contributed by atoms with Gasteiger partial charge in [-0.25, -0.2) is 13.2 Å². The van der Waals surface area contributed by atoms with Crippen molar-refractivity contribution in [3.8, 4) is 11.3 Å². The molecule has 2 N–H and O–H groups in total. The smallest absolute Gasteiger partial charge is 0.352 e. The van der Waals surface area contributed by atoms with Gasteiger partial charge in [-0.2, -0.15) is 18.3 Å². The van der Waals surface area contributed by atoms with Gasteiger partial charge in [-0.15, -0.1) is 0 Å². The second kappa shape index (κ2) is 9.24. The normalized spacial score (nSPS) is 11.8. The second-order valence-electron chi connectivity index (χ2n) is 7.73. The van der Waals surface area contributed by atoms with E-state index in [0.717, 1.165) is 16.8 Å². The van der Waals surface area contributed by atoms with Crippen molar-refractivity contribution in [2.45, 2.75) is 32.1 Å². The summed E-state index contributed by atoms with van der Waals surface area (Å²) in [6, 6.07) is 7.32. The fourth-order valence-electron chi connectivity index (χ4n) is 3.69. The van der Waals surface area contributed by atoms with Gasteiger partial charge in [0.25, 0.3) is 0 Å². The molecule has 0 fully saturated rings. The van der Waals surface area contributed by atoms with Crippen LogP contribution in [0.2, 0.25) is 0 Å². The van der Waals surface area contributed by atoms with Crippen LogP contribution in [0.4, 0.5) is 26.3 Å². The third kappa shape index (κ3) is 5.41. The monoisotopic (exact) mass is 480 g/mol. The van der Waals surface area contributed by atoms with E-state index in [1.807, 2.05) is 0 Å². The number of hydrogen-bond donors (Lipinski definition) is 2. The number of nitrogens with one attached hydrogen (secondary N) is 2. The van der Waals surface area contributed by atoms with Crippen LogP contribution >= 0.6 is 0 Å². The van der Waals surface area contributed by atoms with Gasteiger partial charge in [0, 0.05) is 41.9 Å². The third-order valence-electron chi connectivity index (χ3n) is 5.18. The summed E-state index contributed by atoms with van der Waals surface area (Å²) < 4.78 is 79.6. The maximum Gasteiger partial charge on any atom is 0.408 e. The Bertz CT molecular complexity index is 1320. The van der Waals surface area contributed by atoms with E-state index in [1.54, 1.807) is 0 Å². The van der Waals surface area contributed by atoms with Crippen molar-refractivity contribution in [2.24, 2.45) is 0 Å². The van der Waals surface area contributed by atoms with Crippen molar-refractivity contribution in [2.75, 3.05) is 0 Å². The van der Waals surface area contributed by atoms with Crippen LogP contribution in [0.25, 0.3) is 22.2 Å². The van der Waals surface area contributed by atoms with Crippen LogP contribution in [0.3, 0.4) is 0 Å². The van der Waals surface area contributed by atoms with E-state index in [-0.39, 0.29) is 30.3 Å². The highest BCUT2D eigenvalue weighted by molar-refractivity contribution is 5.92. The lowest BCUT2D eigenvalue weighted by Gasteiger charge is -2.07. The molecule has 34 heavy (non-hydrogen) atoms. The number of benzene rings is 2. The van der Waals surface area contributed by atoms with Crippen LogP contribution in [0.5, 0.6) is 0 Å². The van der Waals surface area contributed by atoms with Gasteiger partial charge in [0.2, 0.25) is 5.91 Å². The lowest BCUT2D eigenvalue weighted by Crippen LogP contribution is -2.23. The van der Waals surface area contributed by atoms with Crippen LogP contribution in [-0.2, 0) is 24.3 Å². The molecule has 5 nitrogen and oxygen atoms in total. The number of alkyl halides is 3. The van der Waals surface area contributed by atoms with Crippen LogP contribution in [0.1, 0.15) is 17.5 Å². The Morgan fingerprint density at radius 2 is 1.79 bits per heavy atom. The Morgan fingerprint density at radius 3 is 2.50 bits per heavy atom. The Kier molecular flexibility index (Phi) is 6.36. The minimum Gasteiger partial charge on any atom is -0.352 e. The zero-order valence-corrected chi connectivity index (χ0v) is 17.5. The van der Waals surface area contributed by atoms with Gasteiger partial charge < -0.3 is 10.3 Å². The molecule has 0 radical (unpaired) electrons. The molecule has 0 atom stereocenters. The molecule has 2 aromatic heterocycles. The van der Waals surface area contributed by atoms with Gasteiger partial charge in [-0.05, 0) is 47.9 Å². The highest BCUT2D eigenvalue weighted by atomic mass is 19.4. The standard InChI is InChI=1S/C23H18F6N4O/c24-15-3-1-14(2-4-15)21-17(18-7-16(25)8-19(26)22(18)32-21)5-6-20(34)30-9-13-10-31-33(11-13)12-23(27,28)29/h1-4,7-8,10-11,32H,5-6,9,12H2,(H,30,34). The van der Waals surface area contributed by atoms with Gasteiger partial charge >= 0.3 is 6.18 Å². The molecule has 0 unspecified atom stereocenters. The second-order valence-corrected chi connectivity index (χ2v) is 7.73. The number of amides is 1. The molecule has 2 heterocycles. The zero-order valence-electron chi connectivity index (χ0n) is 17.5. The van der Waals surface area contributed by atoms with Crippen molar-refractivity contribution >= 4 is 16.8 Å². The first-order valence-electron chi connectivity index (χ1n) is 10.2. The topological polar surface area (TPSA) is 62.7 Å². The van der Waals surface area contributed by atoms with Gasteiger partial charge in [0.05, 0.1) is 11.7 Å². The molecule has 0 bridgehead atoms. The summed E-state index contributed by atoms with van der Waals surface area (Å²) >= 11 is 0. The van der Waals surface area contributed by atoms with E-state index in [9.17, 15) is 31.1 Å². The number of H-pyrrole nitrogens is 1. The number of nitrogens with zero attached hydrogens (tertiary/aromatic N) is 2. The van der Waals surface area contributed by atoms with E-state index >= 15 is 0 Å². The molecule has 0 saturated heterocycles.